The second kappa shape index (κ2) is 7.05. The summed E-state index contributed by atoms with van der Waals surface area (Å²) in [5.74, 6) is -0.294. The number of halogens is 2. The van der Waals surface area contributed by atoms with Crippen LogP contribution < -0.4 is 16.5 Å². The number of nitrogens with zero attached hydrogens (tertiary/aromatic N) is 3. The molecule has 6 nitrogen and oxygen atoms in total. The van der Waals surface area contributed by atoms with Gasteiger partial charge in [-0.2, -0.15) is 9.78 Å². The van der Waals surface area contributed by atoms with Gasteiger partial charge in [-0.1, -0.05) is 12.1 Å². The summed E-state index contributed by atoms with van der Waals surface area (Å²) >= 11 is 0. The van der Waals surface area contributed by atoms with Crippen molar-refractivity contribution >= 4 is 0 Å². The molecule has 2 heterocycles. The molecular weight excluding hydrogens is 352 g/mol. The number of hydrazine groups is 1. The van der Waals surface area contributed by atoms with Crippen molar-refractivity contribution < 1.29 is 8.78 Å². The number of hydrogen-bond acceptors (Lipinski definition) is 4. The molecule has 2 aromatic carbocycles. The molecule has 0 spiro atoms. The van der Waals surface area contributed by atoms with Gasteiger partial charge in [0.2, 0.25) is 0 Å². The molecule has 140 valence electrons. The molecule has 1 aliphatic heterocycles. The van der Waals surface area contributed by atoms with Crippen LogP contribution in [0, 0.1) is 18.6 Å². The fourth-order valence-electron chi connectivity index (χ4n) is 3.27. The predicted molar refractivity (Wildman–Crippen MR) is 96.8 cm³/mol. The minimum Gasteiger partial charge on any atom is -0.274 e. The van der Waals surface area contributed by atoms with Crippen molar-refractivity contribution in [3.63, 3.8) is 0 Å². The van der Waals surface area contributed by atoms with E-state index in [1.807, 2.05) is 24.3 Å². The average molecular weight is 371 g/mol. The summed E-state index contributed by atoms with van der Waals surface area (Å²) in [6.07, 6.45) is 0. The lowest BCUT2D eigenvalue weighted by atomic mass is 10.0. The van der Waals surface area contributed by atoms with Crippen LogP contribution in [-0.4, -0.2) is 27.4 Å². The van der Waals surface area contributed by atoms with Crippen molar-refractivity contribution in [1.82, 2.24) is 25.2 Å². The summed E-state index contributed by atoms with van der Waals surface area (Å²) in [7, 11) is 0. The van der Waals surface area contributed by atoms with Gasteiger partial charge in [0.05, 0.1) is 12.2 Å². The van der Waals surface area contributed by atoms with Gasteiger partial charge in [0.1, 0.15) is 17.5 Å². The first-order chi connectivity index (χ1) is 13.0. The molecule has 27 heavy (non-hydrogen) atoms. The number of rotatable bonds is 4. The van der Waals surface area contributed by atoms with Crippen molar-refractivity contribution in [3.05, 3.63) is 81.5 Å². The Morgan fingerprint density at radius 3 is 2.52 bits per heavy atom. The highest BCUT2D eigenvalue weighted by molar-refractivity contribution is 5.35. The molecule has 0 radical (unpaired) electrons. The van der Waals surface area contributed by atoms with Crippen molar-refractivity contribution in [3.8, 4) is 5.69 Å². The van der Waals surface area contributed by atoms with Gasteiger partial charge in [0.25, 0.3) is 0 Å². The molecule has 0 aliphatic carbocycles. The van der Waals surface area contributed by atoms with E-state index in [-0.39, 0.29) is 12.1 Å². The summed E-state index contributed by atoms with van der Waals surface area (Å²) in [5, 5.41) is 4.28. The van der Waals surface area contributed by atoms with Gasteiger partial charge in [-0.25, -0.2) is 13.6 Å². The lowest BCUT2D eigenvalue weighted by Crippen LogP contribution is -2.25. The summed E-state index contributed by atoms with van der Waals surface area (Å²) < 4.78 is 29.9. The Kier molecular flexibility index (Phi) is 4.59. The molecule has 1 fully saturated rings. The van der Waals surface area contributed by atoms with Crippen LogP contribution >= 0.6 is 0 Å². The molecular formula is C19H19F2N5O. The smallest absolute Gasteiger partial charge is 0.274 e. The van der Waals surface area contributed by atoms with Crippen molar-refractivity contribution in [2.24, 2.45) is 0 Å². The summed E-state index contributed by atoms with van der Waals surface area (Å²) in [6.45, 7) is 3.30. The molecule has 1 aromatic heterocycles. The minimum absolute atomic E-state index is 0.0776. The molecule has 0 amide bonds. The molecule has 8 heteroatoms. The van der Waals surface area contributed by atoms with Crippen LogP contribution in [0.5, 0.6) is 0 Å². The standard InChI is InChI=1S/C19H19F2N5O/c1-12-24-26(17-5-2-13(3-6-17)15-9-22-23-10-15)19(27)25(12)11-14-8-16(20)4-7-18(14)21/h2-8,15,22-23H,9-11H2,1H3. The maximum Gasteiger partial charge on any atom is 0.351 e. The minimum atomic E-state index is -0.557. The van der Waals surface area contributed by atoms with Crippen LogP contribution in [0.1, 0.15) is 22.9 Å². The largest absolute Gasteiger partial charge is 0.351 e. The highest BCUT2D eigenvalue weighted by Crippen LogP contribution is 2.18. The Morgan fingerprint density at radius 1 is 1.11 bits per heavy atom. The third kappa shape index (κ3) is 3.41. The molecule has 0 unspecified atom stereocenters. The number of aromatic nitrogens is 3. The molecule has 1 aliphatic rings. The normalized spacial score (nSPS) is 14.8. The molecule has 3 aromatic rings. The monoisotopic (exact) mass is 371 g/mol. The van der Waals surface area contributed by atoms with E-state index in [4.69, 9.17) is 0 Å². The van der Waals surface area contributed by atoms with Gasteiger partial charge in [0, 0.05) is 24.6 Å². The highest BCUT2D eigenvalue weighted by atomic mass is 19.1. The van der Waals surface area contributed by atoms with Crippen LogP contribution in [0.2, 0.25) is 0 Å². The molecule has 0 atom stereocenters. The zero-order valence-corrected chi connectivity index (χ0v) is 14.7. The van der Waals surface area contributed by atoms with Gasteiger partial charge in [0.15, 0.2) is 0 Å². The second-order valence-electron chi connectivity index (χ2n) is 6.61. The van der Waals surface area contributed by atoms with Crippen LogP contribution in [0.3, 0.4) is 0 Å². The summed E-state index contributed by atoms with van der Waals surface area (Å²) in [4.78, 5) is 12.8. The number of hydrogen-bond donors (Lipinski definition) is 2. The molecule has 0 saturated carbocycles. The zero-order chi connectivity index (χ0) is 19.0. The van der Waals surface area contributed by atoms with E-state index in [0.29, 0.717) is 17.4 Å². The van der Waals surface area contributed by atoms with Crippen molar-refractivity contribution in [1.29, 1.82) is 0 Å². The number of nitrogens with one attached hydrogen (secondary N) is 2. The Hall–Kier alpha value is -2.84. The van der Waals surface area contributed by atoms with E-state index in [2.05, 4.69) is 16.0 Å². The average Bonchev–Trinajstić information content (AvgIpc) is 3.29. The quantitative estimate of drug-likeness (QED) is 0.735. The van der Waals surface area contributed by atoms with E-state index in [9.17, 15) is 13.6 Å². The fourth-order valence-corrected chi connectivity index (χ4v) is 3.27. The predicted octanol–water partition coefficient (Wildman–Crippen LogP) is 1.86. The van der Waals surface area contributed by atoms with Gasteiger partial charge in [-0.15, -0.1) is 0 Å². The number of aryl methyl sites for hydroxylation is 1. The Balaban J connectivity index is 1.64. The first-order valence-electron chi connectivity index (χ1n) is 8.69. The number of benzene rings is 2. The third-order valence-corrected chi connectivity index (χ3v) is 4.81. The topological polar surface area (TPSA) is 63.9 Å². The van der Waals surface area contributed by atoms with Gasteiger partial charge < -0.3 is 0 Å². The fraction of sp³-hybridized carbons (Fsp3) is 0.263. The zero-order valence-electron chi connectivity index (χ0n) is 14.7. The van der Waals surface area contributed by atoms with E-state index in [1.54, 1.807) is 6.92 Å². The molecule has 1 saturated heterocycles. The SMILES string of the molecule is Cc1nn(-c2ccc(C3CNNC3)cc2)c(=O)n1Cc1cc(F)ccc1F. The first kappa shape index (κ1) is 17.6. The van der Waals surface area contributed by atoms with E-state index in [1.165, 1.54) is 14.8 Å². The molecule has 2 N–H and O–H groups in total. The van der Waals surface area contributed by atoms with E-state index < -0.39 is 17.3 Å². The van der Waals surface area contributed by atoms with Gasteiger partial charge in [-0.05, 0) is 42.8 Å². The maximum absolute atomic E-state index is 13.9. The van der Waals surface area contributed by atoms with Crippen LogP contribution in [0.15, 0.2) is 47.3 Å². The van der Waals surface area contributed by atoms with E-state index in [0.717, 1.165) is 31.3 Å². The van der Waals surface area contributed by atoms with Crippen molar-refractivity contribution in [2.45, 2.75) is 19.4 Å². The Morgan fingerprint density at radius 2 is 1.81 bits per heavy atom. The summed E-state index contributed by atoms with van der Waals surface area (Å²) in [6, 6.07) is 10.8. The maximum atomic E-state index is 13.9. The Labute approximate surface area is 154 Å². The third-order valence-electron chi connectivity index (χ3n) is 4.81. The van der Waals surface area contributed by atoms with Crippen LogP contribution in [0.4, 0.5) is 8.78 Å². The van der Waals surface area contributed by atoms with Gasteiger partial charge in [-0.3, -0.25) is 15.4 Å². The molecule has 4 rings (SSSR count). The Bertz CT molecular complexity index is 1020. The lowest BCUT2D eigenvalue weighted by molar-refractivity contribution is 0.572. The van der Waals surface area contributed by atoms with E-state index >= 15 is 0 Å². The van der Waals surface area contributed by atoms with Crippen molar-refractivity contribution in [2.75, 3.05) is 13.1 Å². The van der Waals surface area contributed by atoms with Crippen LogP contribution in [0.25, 0.3) is 5.69 Å². The summed E-state index contributed by atoms with van der Waals surface area (Å²) in [5.41, 5.74) is 7.69. The van der Waals surface area contributed by atoms with Crippen LogP contribution in [-0.2, 0) is 6.54 Å². The molecule has 0 bridgehead atoms. The van der Waals surface area contributed by atoms with Gasteiger partial charge >= 0.3 is 5.69 Å². The second-order valence-corrected chi connectivity index (χ2v) is 6.61. The first-order valence-corrected chi connectivity index (χ1v) is 8.69. The highest BCUT2D eigenvalue weighted by Gasteiger charge is 2.17. The lowest BCUT2D eigenvalue weighted by Gasteiger charge is -2.08.